The summed E-state index contributed by atoms with van der Waals surface area (Å²) < 4.78 is 11.3. The van der Waals surface area contributed by atoms with Gasteiger partial charge in [0.1, 0.15) is 0 Å². The van der Waals surface area contributed by atoms with Crippen molar-refractivity contribution < 1.29 is 9.16 Å². The van der Waals surface area contributed by atoms with Crippen LogP contribution in [0.1, 0.15) is 33.6 Å². The zero-order valence-corrected chi connectivity index (χ0v) is 11.9. The summed E-state index contributed by atoms with van der Waals surface area (Å²) in [6.45, 7) is 14.4. The Morgan fingerprint density at radius 2 is 1.87 bits per heavy atom. The molecule has 0 spiro atoms. The van der Waals surface area contributed by atoms with E-state index in [0.717, 1.165) is 25.7 Å². The fraction of sp³-hybridized carbons (Fsp3) is 1.00. The summed E-state index contributed by atoms with van der Waals surface area (Å²) in [7, 11) is -1.50. The lowest BCUT2D eigenvalue weighted by molar-refractivity contribution is -0.0374. The van der Waals surface area contributed by atoms with E-state index in [1.54, 1.807) is 0 Å². The van der Waals surface area contributed by atoms with Gasteiger partial charge in [0, 0.05) is 12.5 Å². The Hall–Kier alpha value is 0.137. The fourth-order valence-corrected chi connectivity index (χ4v) is 2.45. The van der Waals surface area contributed by atoms with Crippen molar-refractivity contribution >= 4 is 8.32 Å². The number of rotatable bonds is 5. The van der Waals surface area contributed by atoms with E-state index in [9.17, 15) is 0 Å². The second-order valence-electron chi connectivity index (χ2n) is 6.15. The second kappa shape index (κ2) is 4.98. The van der Waals surface area contributed by atoms with Crippen LogP contribution in [-0.4, -0.2) is 28.1 Å². The van der Waals surface area contributed by atoms with E-state index in [2.05, 4.69) is 33.9 Å². The molecular weight excluding hydrogens is 204 g/mol. The Kier molecular flexibility index (Phi) is 4.38. The molecule has 0 unspecified atom stereocenters. The summed E-state index contributed by atoms with van der Waals surface area (Å²) in [5.74, 6) is 0.813. The molecule has 0 radical (unpaired) electrons. The molecule has 0 atom stereocenters. The molecule has 0 aromatic rings. The number of hydrogen-bond donors (Lipinski definition) is 0. The van der Waals surface area contributed by atoms with E-state index in [-0.39, 0.29) is 0 Å². The summed E-state index contributed by atoms with van der Waals surface area (Å²) in [6, 6.07) is 0. The van der Waals surface area contributed by atoms with Crippen molar-refractivity contribution in [1.82, 2.24) is 0 Å². The molecule has 1 rings (SSSR count). The van der Waals surface area contributed by atoms with Crippen LogP contribution in [0.15, 0.2) is 0 Å². The topological polar surface area (TPSA) is 18.5 Å². The van der Waals surface area contributed by atoms with Gasteiger partial charge in [-0.15, -0.1) is 0 Å². The minimum Gasteiger partial charge on any atom is -0.417 e. The van der Waals surface area contributed by atoms with E-state index in [1.165, 1.54) is 12.8 Å². The normalized spacial score (nSPS) is 19.0. The van der Waals surface area contributed by atoms with Crippen LogP contribution < -0.4 is 0 Å². The molecule has 0 amide bonds. The second-order valence-corrected chi connectivity index (χ2v) is 11.0. The average Bonchev–Trinajstić information content (AvgIpc) is 1.98. The van der Waals surface area contributed by atoms with Gasteiger partial charge in [0.2, 0.25) is 0 Å². The van der Waals surface area contributed by atoms with Crippen molar-refractivity contribution in [2.24, 2.45) is 5.92 Å². The molecule has 1 fully saturated rings. The van der Waals surface area contributed by atoms with Crippen molar-refractivity contribution in [2.45, 2.75) is 51.7 Å². The maximum atomic E-state index is 6.11. The first-order chi connectivity index (χ1) is 6.83. The summed E-state index contributed by atoms with van der Waals surface area (Å²) in [5, 5.41) is 0.340. The highest BCUT2D eigenvalue weighted by molar-refractivity contribution is 6.74. The van der Waals surface area contributed by atoms with E-state index in [4.69, 9.17) is 9.16 Å². The molecule has 1 aliphatic heterocycles. The van der Waals surface area contributed by atoms with Crippen molar-refractivity contribution in [3.05, 3.63) is 0 Å². The van der Waals surface area contributed by atoms with Gasteiger partial charge in [-0.3, -0.25) is 0 Å². The highest BCUT2D eigenvalue weighted by atomic mass is 28.4. The van der Waals surface area contributed by atoms with E-state index < -0.39 is 8.32 Å². The Morgan fingerprint density at radius 3 is 2.27 bits per heavy atom. The number of ether oxygens (including phenoxy) is 1. The molecule has 0 N–H and O–H groups in total. The fourth-order valence-electron chi connectivity index (χ4n) is 1.37. The van der Waals surface area contributed by atoms with Gasteiger partial charge in [0.25, 0.3) is 0 Å². The highest BCUT2D eigenvalue weighted by Gasteiger charge is 2.36. The van der Waals surface area contributed by atoms with Crippen LogP contribution in [0.3, 0.4) is 0 Å². The quantitative estimate of drug-likeness (QED) is 0.532. The Morgan fingerprint density at radius 1 is 1.27 bits per heavy atom. The maximum absolute atomic E-state index is 6.11. The third-order valence-corrected chi connectivity index (χ3v) is 8.27. The largest absolute Gasteiger partial charge is 0.417 e. The third kappa shape index (κ3) is 3.89. The highest BCUT2D eigenvalue weighted by Crippen LogP contribution is 2.36. The van der Waals surface area contributed by atoms with Crippen LogP contribution in [0.2, 0.25) is 18.1 Å². The SMILES string of the molecule is CC(C)(C)[Si](C)(C)OCCCC1COC1. The molecule has 0 bridgehead atoms. The van der Waals surface area contributed by atoms with Gasteiger partial charge in [-0.2, -0.15) is 0 Å². The zero-order valence-electron chi connectivity index (χ0n) is 10.9. The van der Waals surface area contributed by atoms with Gasteiger partial charge < -0.3 is 9.16 Å². The van der Waals surface area contributed by atoms with Crippen LogP contribution in [0.25, 0.3) is 0 Å². The van der Waals surface area contributed by atoms with Gasteiger partial charge in [-0.25, -0.2) is 0 Å². The first-order valence-electron chi connectivity index (χ1n) is 6.04. The lowest BCUT2D eigenvalue weighted by Gasteiger charge is -2.36. The molecule has 1 heterocycles. The van der Waals surface area contributed by atoms with Crippen molar-refractivity contribution in [1.29, 1.82) is 0 Å². The summed E-state index contributed by atoms with van der Waals surface area (Å²) in [4.78, 5) is 0. The van der Waals surface area contributed by atoms with Crippen LogP contribution in [0, 0.1) is 5.92 Å². The minimum absolute atomic E-state index is 0.340. The molecule has 1 aliphatic rings. The minimum atomic E-state index is -1.50. The molecular formula is C12H26O2Si. The predicted molar refractivity (Wildman–Crippen MR) is 66.7 cm³/mol. The third-order valence-electron chi connectivity index (χ3n) is 3.73. The molecule has 1 saturated heterocycles. The Bertz CT molecular complexity index is 192. The molecule has 0 saturated carbocycles. The van der Waals surface area contributed by atoms with Crippen LogP contribution in [0.5, 0.6) is 0 Å². The Labute approximate surface area is 95.5 Å². The first-order valence-corrected chi connectivity index (χ1v) is 8.95. The monoisotopic (exact) mass is 230 g/mol. The first kappa shape index (κ1) is 13.2. The van der Waals surface area contributed by atoms with Crippen molar-refractivity contribution in [3.63, 3.8) is 0 Å². The van der Waals surface area contributed by atoms with E-state index >= 15 is 0 Å². The summed E-state index contributed by atoms with van der Waals surface area (Å²) in [6.07, 6.45) is 2.47. The van der Waals surface area contributed by atoms with Gasteiger partial charge >= 0.3 is 0 Å². The van der Waals surface area contributed by atoms with Gasteiger partial charge in [0.15, 0.2) is 8.32 Å². The lowest BCUT2D eigenvalue weighted by Crippen LogP contribution is -2.41. The van der Waals surface area contributed by atoms with E-state index in [1.807, 2.05) is 0 Å². The molecule has 90 valence electrons. The van der Waals surface area contributed by atoms with Crippen LogP contribution in [-0.2, 0) is 9.16 Å². The molecule has 0 aromatic heterocycles. The van der Waals surface area contributed by atoms with E-state index in [0.29, 0.717) is 5.04 Å². The summed E-state index contributed by atoms with van der Waals surface area (Å²) in [5.41, 5.74) is 0. The average molecular weight is 230 g/mol. The van der Waals surface area contributed by atoms with Crippen LogP contribution >= 0.6 is 0 Å². The lowest BCUT2D eigenvalue weighted by atomic mass is 10.0. The predicted octanol–water partition coefficient (Wildman–Crippen LogP) is 3.43. The molecule has 2 nitrogen and oxygen atoms in total. The maximum Gasteiger partial charge on any atom is 0.191 e. The molecule has 0 aliphatic carbocycles. The zero-order chi connectivity index (χ0) is 11.5. The standard InChI is InChI=1S/C12H26O2Si/c1-12(2,3)15(4,5)14-8-6-7-11-9-13-10-11/h11H,6-10H2,1-5H3. The summed E-state index contributed by atoms with van der Waals surface area (Å²) >= 11 is 0. The Balaban J connectivity index is 2.12. The van der Waals surface area contributed by atoms with Crippen LogP contribution in [0.4, 0.5) is 0 Å². The van der Waals surface area contributed by atoms with Crippen molar-refractivity contribution in [2.75, 3.05) is 19.8 Å². The number of hydrogen-bond acceptors (Lipinski definition) is 2. The van der Waals surface area contributed by atoms with Crippen molar-refractivity contribution in [3.8, 4) is 0 Å². The van der Waals surface area contributed by atoms with Gasteiger partial charge in [0.05, 0.1) is 13.2 Å². The van der Waals surface area contributed by atoms with Gasteiger partial charge in [-0.1, -0.05) is 20.8 Å². The molecule has 3 heteroatoms. The van der Waals surface area contributed by atoms with Gasteiger partial charge in [-0.05, 0) is 31.0 Å². The molecule has 15 heavy (non-hydrogen) atoms. The molecule has 0 aromatic carbocycles. The smallest absolute Gasteiger partial charge is 0.191 e.